The average molecular weight is 223 g/mol. The molecule has 16 heavy (non-hydrogen) atoms. The summed E-state index contributed by atoms with van der Waals surface area (Å²) in [6, 6.07) is 3.19. The molecule has 1 atom stereocenters. The first-order valence-electron chi connectivity index (χ1n) is 6.44. The summed E-state index contributed by atoms with van der Waals surface area (Å²) in [6.45, 7) is 9.66. The number of nitrogens with zero attached hydrogens (tertiary/aromatic N) is 2. The first-order valence-corrected chi connectivity index (χ1v) is 6.44. The van der Waals surface area contributed by atoms with Gasteiger partial charge in [-0.05, 0) is 32.8 Å². The Kier molecular flexibility index (Phi) is 5.53. The molecule has 0 radical (unpaired) electrons. The molecule has 0 aliphatic rings. The summed E-state index contributed by atoms with van der Waals surface area (Å²) < 4.78 is 2.01. The van der Waals surface area contributed by atoms with Crippen LogP contribution in [-0.4, -0.2) is 15.8 Å². The van der Waals surface area contributed by atoms with Crippen LogP contribution in [0.3, 0.4) is 0 Å². The standard InChI is InChI=1S/C13H25N3/c1-5-7-12(6-2)14-10-13-8-9-16(15-13)11(3)4/h8-9,11-12,14H,5-7,10H2,1-4H3. The summed E-state index contributed by atoms with van der Waals surface area (Å²) in [5, 5.41) is 8.09. The minimum atomic E-state index is 0.450. The molecule has 0 saturated heterocycles. The molecule has 92 valence electrons. The molecule has 1 unspecified atom stereocenters. The zero-order chi connectivity index (χ0) is 12.0. The van der Waals surface area contributed by atoms with Crippen molar-refractivity contribution in [2.75, 3.05) is 0 Å². The van der Waals surface area contributed by atoms with Crippen LogP contribution < -0.4 is 5.32 Å². The van der Waals surface area contributed by atoms with Crippen molar-refractivity contribution in [2.24, 2.45) is 0 Å². The molecule has 0 saturated carbocycles. The highest BCUT2D eigenvalue weighted by molar-refractivity contribution is 4.99. The van der Waals surface area contributed by atoms with Crippen molar-refractivity contribution in [1.29, 1.82) is 0 Å². The van der Waals surface area contributed by atoms with Gasteiger partial charge in [-0.15, -0.1) is 0 Å². The van der Waals surface area contributed by atoms with Crippen molar-refractivity contribution < 1.29 is 0 Å². The lowest BCUT2D eigenvalue weighted by Gasteiger charge is -2.14. The van der Waals surface area contributed by atoms with E-state index in [1.165, 1.54) is 19.3 Å². The van der Waals surface area contributed by atoms with Crippen LogP contribution in [0.25, 0.3) is 0 Å². The average Bonchev–Trinajstić information content (AvgIpc) is 2.73. The summed E-state index contributed by atoms with van der Waals surface area (Å²) in [4.78, 5) is 0. The lowest BCUT2D eigenvalue weighted by Crippen LogP contribution is -2.27. The molecule has 3 heteroatoms. The Morgan fingerprint density at radius 3 is 2.62 bits per heavy atom. The molecule has 1 N–H and O–H groups in total. The van der Waals surface area contributed by atoms with E-state index in [1.807, 2.05) is 4.68 Å². The molecule has 3 nitrogen and oxygen atoms in total. The Morgan fingerprint density at radius 2 is 2.12 bits per heavy atom. The molecule has 1 rings (SSSR count). The number of hydrogen-bond donors (Lipinski definition) is 1. The van der Waals surface area contributed by atoms with Crippen molar-refractivity contribution in [3.8, 4) is 0 Å². The van der Waals surface area contributed by atoms with E-state index in [2.05, 4.69) is 50.4 Å². The topological polar surface area (TPSA) is 29.9 Å². The van der Waals surface area contributed by atoms with Gasteiger partial charge in [-0.25, -0.2) is 0 Å². The van der Waals surface area contributed by atoms with Gasteiger partial charge in [0.15, 0.2) is 0 Å². The van der Waals surface area contributed by atoms with E-state index in [0.717, 1.165) is 12.2 Å². The monoisotopic (exact) mass is 223 g/mol. The van der Waals surface area contributed by atoms with Crippen LogP contribution in [0.15, 0.2) is 12.3 Å². The number of hydrogen-bond acceptors (Lipinski definition) is 2. The van der Waals surface area contributed by atoms with Crippen molar-refractivity contribution in [3.05, 3.63) is 18.0 Å². The maximum atomic E-state index is 4.53. The maximum absolute atomic E-state index is 4.53. The molecule has 1 aromatic heterocycles. The minimum Gasteiger partial charge on any atom is -0.308 e. The fourth-order valence-corrected chi connectivity index (χ4v) is 1.81. The number of aromatic nitrogens is 2. The van der Waals surface area contributed by atoms with Crippen LogP contribution >= 0.6 is 0 Å². The fourth-order valence-electron chi connectivity index (χ4n) is 1.81. The first-order chi connectivity index (χ1) is 7.67. The van der Waals surface area contributed by atoms with Gasteiger partial charge in [0, 0.05) is 24.8 Å². The fraction of sp³-hybridized carbons (Fsp3) is 0.769. The highest BCUT2D eigenvalue weighted by atomic mass is 15.3. The molecule has 1 heterocycles. The summed E-state index contributed by atoms with van der Waals surface area (Å²) in [5.74, 6) is 0. The van der Waals surface area contributed by atoms with Crippen molar-refractivity contribution >= 4 is 0 Å². The first kappa shape index (κ1) is 13.2. The molecule has 0 bridgehead atoms. The van der Waals surface area contributed by atoms with Gasteiger partial charge in [-0.1, -0.05) is 20.3 Å². The minimum absolute atomic E-state index is 0.450. The Bertz CT molecular complexity index is 291. The zero-order valence-corrected chi connectivity index (χ0v) is 11.0. The van der Waals surface area contributed by atoms with Crippen molar-refractivity contribution in [1.82, 2.24) is 15.1 Å². The van der Waals surface area contributed by atoms with E-state index in [9.17, 15) is 0 Å². The second-order valence-corrected chi connectivity index (χ2v) is 4.66. The van der Waals surface area contributed by atoms with E-state index in [1.54, 1.807) is 0 Å². The molecule has 1 aromatic rings. The maximum Gasteiger partial charge on any atom is 0.0762 e. The third-order valence-electron chi connectivity index (χ3n) is 2.89. The molecule has 0 aromatic carbocycles. The smallest absolute Gasteiger partial charge is 0.0762 e. The van der Waals surface area contributed by atoms with Gasteiger partial charge in [0.2, 0.25) is 0 Å². The van der Waals surface area contributed by atoms with Crippen LogP contribution in [0.4, 0.5) is 0 Å². The second-order valence-electron chi connectivity index (χ2n) is 4.66. The molecular formula is C13H25N3. The predicted octanol–water partition coefficient (Wildman–Crippen LogP) is 3.13. The van der Waals surface area contributed by atoms with E-state index >= 15 is 0 Å². The lowest BCUT2D eigenvalue weighted by molar-refractivity contribution is 0.453. The number of nitrogens with one attached hydrogen (secondary N) is 1. The second kappa shape index (κ2) is 6.69. The third kappa shape index (κ3) is 3.97. The molecular weight excluding hydrogens is 198 g/mol. The molecule has 0 spiro atoms. The quantitative estimate of drug-likeness (QED) is 0.769. The Labute approximate surface area is 99.2 Å². The van der Waals surface area contributed by atoms with Crippen LogP contribution in [-0.2, 0) is 6.54 Å². The van der Waals surface area contributed by atoms with Gasteiger partial charge in [-0.2, -0.15) is 5.10 Å². The van der Waals surface area contributed by atoms with Gasteiger partial charge in [-0.3, -0.25) is 4.68 Å². The van der Waals surface area contributed by atoms with E-state index < -0.39 is 0 Å². The summed E-state index contributed by atoms with van der Waals surface area (Å²) in [6.07, 6.45) is 5.74. The molecule has 0 aliphatic carbocycles. The van der Waals surface area contributed by atoms with Crippen molar-refractivity contribution in [2.45, 2.75) is 65.6 Å². The highest BCUT2D eigenvalue weighted by Gasteiger charge is 2.06. The highest BCUT2D eigenvalue weighted by Crippen LogP contribution is 2.06. The van der Waals surface area contributed by atoms with E-state index in [-0.39, 0.29) is 0 Å². The van der Waals surface area contributed by atoms with Gasteiger partial charge < -0.3 is 5.32 Å². The summed E-state index contributed by atoms with van der Waals surface area (Å²) in [5.41, 5.74) is 1.14. The zero-order valence-electron chi connectivity index (χ0n) is 11.0. The molecule has 0 fully saturated rings. The van der Waals surface area contributed by atoms with Gasteiger partial charge >= 0.3 is 0 Å². The predicted molar refractivity (Wildman–Crippen MR) is 68.4 cm³/mol. The van der Waals surface area contributed by atoms with Crippen LogP contribution in [0.2, 0.25) is 0 Å². The molecule has 0 aliphatic heterocycles. The van der Waals surface area contributed by atoms with Crippen molar-refractivity contribution in [3.63, 3.8) is 0 Å². The Morgan fingerprint density at radius 1 is 1.38 bits per heavy atom. The van der Waals surface area contributed by atoms with Crippen LogP contribution in [0.5, 0.6) is 0 Å². The largest absolute Gasteiger partial charge is 0.308 e. The third-order valence-corrected chi connectivity index (χ3v) is 2.89. The lowest BCUT2D eigenvalue weighted by atomic mass is 10.1. The Balaban J connectivity index is 2.41. The SMILES string of the molecule is CCCC(CC)NCc1ccn(C(C)C)n1. The summed E-state index contributed by atoms with van der Waals surface area (Å²) in [7, 11) is 0. The summed E-state index contributed by atoms with van der Waals surface area (Å²) >= 11 is 0. The van der Waals surface area contributed by atoms with Gasteiger partial charge in [0.05, 0.1) is 5.69 Å². The van der Waals surface area contributed by atoms with E-state index in [0.29, 0.717) is 12.1 Å². The van der Waals surface area contributed by atoms with E-state index in [4.69, 9.17) is 0 Å². The molecule has 0 amide bonds. The van der Waals surface area contributed by atoms with Gasteiger partial charge in [0.25, 0.3) is 0 Å². The van der Waals surface area contributed by atoms with Gasteiger partial charge in [0.1, 0.15) is 0 Å². The van der Waals surface area contributed by atoms with Crippen LogP contribution in [0, 0.1) is 0 Å². The normalized spacial score (nSPS) is 13.3. The van der Waals surface area contributed by atoms with Crippen LogP contribution in [0.1, 0.15) is 58.7 Å². The Hall–Kier alpha value is -0.830. The number of rotatable bonds is 7.